The SMILES string of the molecule is Cc1ccccc1C(=O)NC(C(=O)NNC(=O)c1ccc(Br)s1)C(C)C. The number of amides is 3. The Labute approximate surface area is 164 Å². The van der Waals surface area contributed by atoms with Crippen LogP contribution < -0.4 is 16.2 Å². The van der Waals surface area contributed by atoms with Crippen molar-refractivity contribution in [2.24, 2.45) is 5.92 Å². The fourth-order valence-electron chi connectivity index (χ4n) is 2.28. The largest absolute Gasteiger partial charge is 0.340 e. The van der Waals surface area contributed by atoms with Gasteiger partial charge in [-0.05, 0) is 52.5 Å². The molecule has 3 N–H and O–H groups in total. The van der Waals surface area contributed by atoms with Gasteiger partial charge in [-0.15, -0.1) is 11.3 Å². The number of hydrogen-bond acceptors (Lipinski definition) is 4. The van der Waals surface area contributed by atoms with Crippen LogP contribution in [-0.2, 0) is 4.79 Å². The van der Waals surface area contributed by atoms with E-state index in [1.165, 1.54) is 11.3 Å². The Morgan fingerprint density at radius 2 is 1.69 bits per heavy atom. The number of benzene rings is 1. The van der Waals surface area contributed by atoms with Crippen LogP contribution in [0.1, 0.15) is 39.4 Å². The molecule has 0 aliphatic carbocycles. The molecule has 26 heavy (non-hydrogen) atoms. The van der Waals surface area contributed by atoms with Gasteiger partial charge in [-0.1, -0.05) is 32.0 Å². The molecule has 0 aliphatic rings. The standard InChI is InChI=1S/C18H20BrN3O3S/c1-10(2)15(20-16(23)12-7-5-4-6-11(12)3)18(25)22-21-17(24)13-8-9-14(19)26-13/h4-10,15H,1-3H3,(H,20,23)(H,21,24)(H,22,25). The second kappa shape index (κ2) is 8.95. The van der Waals surface area contributed by atoms with E-state index in [9.17, 15) is 14.4 Å². The molecular weight excluding hydrogens is 418 g/mol. The second-order valence-electron chi connectivity index (χ2n) is 6.06. The average Bonchev–Trinajstić information content (AvgIpc) is 3.03. The molecule has 0 fully saturated rings. The zero-order valence-corrected chi connectivity index (χ0v) is 17.0. The first-order valence-electron chi connectivity index (χ1n) is 8.01. The van der Waals surface area contributed by atoms with Gasteiger partial charge < -0.3 is 5.32 Å². The van der Waals surface area contributed by atoms with Crippen molar-refractivity contribution < 1.29 is 14.4 Å². The highest BCUT2D eigenvalue weighted by molar-refractivity contribution is 9.11. The maximum atomic E-state index is 12.5. The summed E-state index contributed by atoms with van der Waals surface area (Å²) in [5.74, 6) is -1.38. The van der Waals surface area contributed by atoms with Crippen LogP contribution in [0.5, 0.6) is 0 Å². The molecule has 0 bridgehead atoms. The Balaban J connectivity index is 2.00. The van der Waals surface area contributed by atoms with Gasteiger partial charge in [-0.3, -0.25) is 25.2 Å². The first kappa shape index (κ1) is 20.1. The molecule has 138 valence electrons. The minimum absolute atomic E-state index is 0.157. The van der Waals surface area contributed by atoms with Crippen LogP contribution in [0.25, 0.3) is 0 Å². The summed E-state index contributed by atoms with van der Waals surface area (Å²) in [7, 11) is 0. The highest BCUT2D eigenvalue weighted by atomic mass is 79.9. The van der Waals surface area contributed by atoms with Gasteiger partial charge in [0.2, 0.25) is 0 Å². The molecule has 1 atom stereocenters. The molecule has 1 aromatic carbocycles. The molecule has 8 heteroatoms. The van der Waals surface area contributed by atoms with Gasteiger partial charge >= 0.3 is 0 Å². The van der Waals surface area contributed by atoms with Gasteiger partial charge in [-0.2, -0.15) is 0 Å². The lowest BCUT2D eigenvalue weighted by Crippen LogP contribution is -2.54. The van der Waals surface area contributed by atoms with Crippen molar-refractivity contribution in [1.29, 1.82) is 0 Å². The maximum Gasteiger partial charge on any atom is 0.279 e. The Morgan fingerprint density at radius 1 is 1.00 bits per heavy atom. The maximum absolute atomic E-state index is 12.5. The number of carbonyl (C=O) groups is 3. The molecule has 1 unspecified atom stereocenters. The smallest absolute Gasteiger partial charge is 0.279 e. The summed E-state index contributed by atoms with van der Waals surface area (Å²) in [5.41, 5.74) is 6.09. The summed E-state index contributed by atoms with van der Waals surface area (Å²) in [5, 5.41) is 2.73. The van der Waals surface area contributed by atoms with Gasteiger partial charge in [0.25, 0.3) is 17.7 Å². The Morgan fingerprint density at radius 3 is 2.27 bits per heavy atom. The Hall–Kier alpha value is -2.19. The van der Waals surface area contributed by atoms with Crippen LogP contribution in [0.3, 0.4) is 0 Å². The van der Waals surface area contributed by atoms with E-state index in [0.717, 1.165) is 9.35 Å². The molecule has 0 radical (unpaired) electrons. The molecule has 1 aromatic heterocycles. The Bertz CT molecular complexity index is 820. The summed E-state index contributed by atoms with van der Waals surface area (Å²) in [6.45, 7) is 5.47. The predicted molar refractivity (Wildman–Crippen MR) is 105 cm³/mol. The Kier molecular flexibility index (Phi) is 6.93. The number of rotatable bonds is 5. The zero-order chi connectivity index (χ0) is 19.3. The predicted octanol–water partition coefficient (Wildman–Crippen LogP) is 3.03. The van der Waals surface area contributed by atoms with Crippen LogP contribution in [0, 0.1) is 12.8 Å². The summed E-state index contributed by atoms with van der Waals surface area (Å²) in [4.78, 5) is 37.4. The third kappa shape index (κ3) is 5.15. The van der Waals surface area contributed by atoms with E-state index in [1.54, 1.807) is 24.3 Å². The molecule has 0 aliphatic heterocycles. The number of aryl methyl sites for hydroxylation is 1. The molecular formula is C18H20BrN3O3S. The van der Waals surface area contributed by atoms with Gasteiger partial charge in [0, 0.05) is 5.56 Å². The van der Waals surface area contributed by atoms with Gasteiger partial charge in [0.15, 0.2) is 0 Å². The van der Waals surface area contributed by atoms with Crippen LogP contribution in [0.15, 0.2) is 40.2 Å². The van der Waals surface area contributed by atoms with Crippen LogP contribution in [0.2, 0.25) is 0 Å². The minimum atomic E-state index is -0.780. The molecule has 0 spiro atoms. The summed E-state index contributed by atoms with van der Waals surface area (Å²) in [6.07, 6.45) is 0. The number of carbonyl (C=O) groups excluding carboxylic acids is 3. The number of halogens is 1. The highest BCUT2D eigenvalue weighted by Crippen LogP contribution is 2.21. The van der Waals surface area contributed by atoms with Crippen LogP contribution >= 0.6 is 27.3 Å². The van der Waals surface area contributed by atoms with Crippen molar-refractivity contribution in [3.05, 3.63) is 56.2 Å². The molecule has 2 aromatic rings. The lowest BCUT2D eigenvalue weighted by Gasteiger charge is -2.22. The van der Waals surface area contributed by atoms with Crippen LogP contribution in [0.4, 0.5) is 0 Å². The molecule has 1 heterocycles. The van der Waals surface area contributed by atoms with E-state index >= 15 is 0 Å². The van der Waals surface area contributed by atoms with Crippen molar-refractivity contribution in [3.63, 3.8) is 0 Å². The first-order chi connectivity index (χ1) is 12.3. The topological polar surface area (TPSA) is 87.3 Å². The highest BCUT2D eigenvalue weighted by Gasteiger charge is 2.25. The first-order valence-corrected chi connectivity index (χ1v) is 9.62. The van der Waals surface area contributed by atoms with E-state index in [1.807, 2.05) is 32.9 Å². The van der Waals surface area contributed by atoms with Gasteiger partial charge in [0.05, 0.1) is 8.66 Å². The minimum Gasteiger partial charge on any atom is -0.340 e. The summed E-state index contributed by atoms with van der Waals surface area (Å²) in [6, 6.07) is 9.77. The molecule has 0 saturated carbocycles. The fourth-order valence-corrected chi connectivity index (χ4v) is 3.56. The van der Waals surface area contributed by atoms with Crippen molar-refractivity contribution in [2.45, 2.75) is 26.8 Å². The lowest BCUT2D eigenvalue weighted by atomic mass is 10.0. The molecule has 3 amide bonds. The number of hydrogen-bond donors (Lipinski definition) is 3. The fraction of sp³-hybridized carbons (Fsp3) is 0.278. The summed E-state index contributed by atoms with van der Waals surface area (Å²) < 4.78 is 0.819. The quantitative estimate of drug-likeness (QED) is 0.628. The van der Waals surface area contributed by atoms with Crippen molar-refractivity contribution in [1.82, 2.24) is 16.2 Å². The van der Waals surface area contributed by atoms with Gasteiger partial charge in [-0.25, -0.2) is 0 Å². The van der Waals surface area contributed by atoms with Crippen molar-refractivity contribution in [3.8, 4) is 0 Å². The van der Waals surface area contributed by atoms with E-state index in [0.29, 0.717) is 10.4 Å². The monoisotopic (exact) mass is 437 g/mol. The molecule has 2 rings (SSSR count). The number of nitrogens with one attached hydrogen (secondary N) is 3. The van der Waals surface area contributed by atoms with Gasteiger partial charge in [0.1, 0.15) is 6.04 Å². The summed E-state index contributed by atoms with van der Waals surface area (Å²) >= 11 is 4.54. The normalized spacial score (nSPS) is 11.7. The molecule has 0 saturated heterocycles. The lowest BCUT2D eigenvalue weighted by molar-refractivity contribution is -0.124. The third-order valence-corrected chi connectivity index (χ3v) is 5.34. The van der Waals surface area contributed by atoms with E-state index in [-0.39, 0.29) is 11.8 Å². The molecule has 6 nitrogen and oxygen atoms in total. The number of hydrazine groups is 1. The van der Waals surface area contributed by atoms with E-state index in [4.69, 9.17) is 0 Å². The third-order valence-electron chi connectivity index (χ3n) is 3.72. The van der Waals surface area contributed by atoms with Crippen LogP contribution in [-0.4, -0.2) is 23.8 Å². The average molecular weight is 438 g/mol. The number of thiophene rings is 1. The van der Waals surface area contributed by atoms with Crippen molar-refractivity contribution in [2.75, 3.05) is 0 Å². The van der Waals surface area contributed by atoms with Crippen molar-refractivity contribution >= 4 is 45.0 Å². The van der Waals surface area contributed by atoms with E-state index < -0.39 is 17.9 Å². The zero-order valence-electron chi connectivity index (χ0n) is 14.6. The second-order valence-corrected chi connectivity index (χ2v) is 8.52. The van der Waals surface area contributed by atoms with E-state index in [2.05, 4.69) is 32.1 Å².